The number of aryl methyl sites for hydroxylation is 1. The molecule has 2 aromatic rings. The lowest BCUT2D eigenvalue weighted by atomic mass is 9.99. The zero-order valence-electron chi connectivity index (χ0n) is 11.2. The highest BCUT2D eigenvalue weighted by molar-refractivity contribution is 5.87. The van der Waals surface area contributed by atoms with Crippen LogP contribution in [0.3, 0.4) is 0 Å². The van der Waals surface area contributed by atoms with Crippen LogP contribution < -0.4 is 0 Å². The molecule has 3 nitrogen and oxygen atoms in total. The predicted molar refractivity (Wildman–Crippen MR) is 76.3 cm³/mol. The minimum atomic E-state index is -0.884. The summed E-state index contributed by atoms with van der Waals surface area (Å²) < 4.78 is 0. The van der Waals surface area contributed by atoms with Gasteiger partial charge in [0.25, 0.3) is 0 Å². The molecular formula is C17H16O3. The van der Waals surface area contributed by atoms with E-state index in [0.29, 0.717) is 17.4 Å². The van der Waals surface area contributed by atoms with Gasteiger partial charge in [-0.1, -0.05) is 18.2 Å². The van der Waals surface area contributed by atoms with Crippen molar-refractivity contribution in [2.45, 2.75) is 25.2 Å². The van der Waals surface area contributed by atoms with Crippen LogP contribution in [0.1, 0.15) is 45.3 Å². The lowest BCUT2D eigenvalue weighted by Crippen LogP contribution is -1.97. The average Bonchev–Trinajstić information content (AvgIpc) is 3.19. The molecule has 0 bridgehead atoms. The van der Waals surface area contributed by atoms with Crippen LogP contribution in [0.25, 0.3) is 0 Å². The first-order chi connectivity index (χ1) is 9.56. The van der Waals surface area contributed by atoms with Gasteiger partial charge in [0.05, 0.1) is 5.56 Å². The Bertz CT molecular complexity index is 676. The number of hydrogen-bond donors (Lipinski definition) is 2. The summed E-state index contributed by atoms with van der Waals surface area (Å²) in [6, 6.07) is 12.6. The van der Waals surface area contributed by atoms with Gasteiger partial charge in [-0.2, -0.15) is 0 Å². The molecule has 2 N–H and O–H groups in total. The van der Waals surface area contributed by atoms with Crippen molar-refractivity contribution in [3.63, 3.8) is 0 Å². The van der Waals surface area contributed by atoms with Crippen molar-refractivity contribution in [2.75, 3.05) is 0 Å². The number of benzene rings is 2. The van der Waals surface area contributed by atoms with E-state index in [1.165, 1.54) is 5.56 Å². The molecule has 1 saturated carbocycles. The molecule has 2 atom stereocenters. The zero-order chi connectivity index (χ0) is 14.3. The highest BCUT2D eigenvalue weighted by atomic mass is 16.4. The number of carbonyl (C=O) groups is 1. The maximum absolute atomic E-state index is 11.0. The van der Waals surface area contributed by atoms with E-state index in [9.17, 15) is 9.90 Å². The van der Waals surface area contributed by atoms with Crippen LogP contribution in [0.4, 0.5) is 0 Å². The standard InChI is InChI=1S/C17H16O3/c1-10-7-13(18)5-6-14(10)16-9-15(16)11-3-2-4-12(8-11)17(19)20/h2-8,15-16,18H,9H2,1H3,(H,19,20). The largest absolute Gasteiger partial charge is 0.508 e. The van der Waals surface area contributed by atoms with E-state index >= 15 is 0 Å². The van der Waals surface area contributed by atoms with E-state index in [2.05, 4.69) is 0 Å². The van der Waals surface area contributed by atoms with Crippen molar-refractivity contribution < 1.29 is 15.0 Å². The minimum absolute atomic E-state index is 0.288. The Morgan fingerprint density at radius 3 is 2.65 bits per heavy atom. The Morgan fingerprint density at radius 1 is 1.15 bits per heavy atom. The van der Waals surface area contributed by atoms with Crippen LogP contribution in [0.2, 0.25) is 0 Å². The van der Waals surface area contributed by atoms with E-state index < -0.39 is 5.97 Å². The molecule has 3 heteroatoms. The first kappa shape index (κ1) is 12.7. The van der Waals surface area contributed by atoms with E-state index in [0.717, 1.165) is 17.5 Å². The Balaban J connectivity index is 1.85. The third kappa shape index (κ3) is 2.27. The number of rotatable bonds is 3. The second kappa shape index (κ2) is 4.67. The topological polar surface area (TPSA) is 57.5 Å². The first-order valence-corrected chi connectivity index (χ1v) is 6.69. The smallest absolute Gasteiger partial charge is 0.335 e. The Morgan fingerprint density at radius 2 is 1.95 bits per heavy atom. The van der Waals surface area contributed by atoms with Crippen molar-refractivity contribution in [1.82, 2.24) is 0 Å². The molecule has 0 saturated heterocycles. The lowest BCUT2D eigenvalue weighted by molar-refractivity contribution is 0.0696. The van der Waals surface area contributed by atoms with E-state index in [1.807, 2.05) is 19.1 Å². The van der Waals surface area contributed by atoms with Gasteiger partial charge in [0.15, 0.2) is 0 Å². The van der Waals surface area contributed by atoms with Crippen molar-refractivity contribution in [3.05, 3.63) is 64.7 Å². The monoisotopic (exact) mass is 268 g/mol. The van der Waals surface area contributed by atoms with Gasteiger partial charge in [0.2, 0.25) is 0 Å². The molecule has 2 unspecified atom stereocenters. The number of aromatic carboxylic acids is 1. The Labute approximate surface area is 117 Å². The summed E-state index contributed by atoms with van der Waals surface area (Å²) in [4.78, 5) is 11.0. The summed E-state index contributed by atoms with van der Waals surface area (Å²) >= 11 is 0. The molecule has 0 spiro atoms. The average molecular weight is 268 g/mol. The number of phenolic OH excluding ortho intramolecular Hbond substituents is 1. The van der Waals surface area contributed by atoms with Crippen molar-refractivity contribution in [1.29, 1.82) is 0 Å². The van der Waals surface area contributed by atoms with E-state index in [-0.39, 0.29) is 5.75 Å². The van der Waals surface area contributed by atoms with Crippen LogP contribution in [0.5, 0.6) is 5.75 Å². The summed E-state index contributed by atoms with van der Waals surface area (Å²) in [5.41, 5.74) is 3.76. The van der Waals surface area contributed by atoms with Gasteiger partial charge in [-0.15, -0.1) is 0 Å². The van der Waals surface area contributed by atoms with Gasteiger partial charge in [-0.3, -0.25) is 0 Å². The molecule has 102 valence electrons. The Kier molecular flexibility index (Phi) is 2.97. The van der Waals surface area contributed by atoms with Gasteiger partial charge >= 0.3 is 5.97 Å². The normalized spacial score (nSPS) is 20.6. The number of carboxylic acids is 1. The molecule has 0 aliphatic heterocycles. The fourth-order valence-electron chi connectivity index (χ4n) is 2.89. The predicted octanol–water partition coefficient (Wildman–Crippen LogP) is 3.67. The van der Waals surface area contributed by atoms with Gasteiger partial charge < -0.3 is 10.2 Å². The third-order valence-corrected chi connectivity index (χ3v) is 4.01. The molecule has 1 aliphatic rings. The molecule has 20 heavy (non-hydrogen) atoms. The summed E-state index contributed by atoms with van der Waals surface area (Å²) in [7, 11) is 0. The third-order valence-electron chi connectivity index (χ3n) is 4.01. The molecule has 2 aromatic carbocycles. The van der Waals surface area contributed by atoms with Gasteiger partial charge in [-0.25, -0.2) is 4.79 Å². The summed E-state index contributed by atoms with van der Waals surface area (Å²) in [5.74, 6) is 0.221. The highest BCUT2D eigenvalue weighted by Crippen LogP contribution is 2.55. The maximum atomic E-state index is 11.0. The van der Waals surface area contributed by atoms with Crippen LogP contribution in [0, 0.1) is 6.92 Å². The van der Waals surface area contributed by atoms with Crippen molar-refractivity contribution in [3.8, 4) is 5.75 Å². The molecule has 0 heterocycles. The summed E-state index contributed by atoms with van der Waals surface area (Å²) in [6.45, 7) is 2.00. The van der Waals surface area contributed by atoms with Gasteiger partial charge in [0.1, 0.15) is 5.75 Å². The molecule has 3 rings (SSSR count). The summed E-state index contributed by atoms with van der Waals surface area (Å²) in [5, 5.41) is 18.5. The lowest BCUT2D eigenvalue weighted by Gasteiger charge is -2.06. The molecule has 0 aromatic heterocycles. The second-order valence-corrected chi connectivity index (χ2v) is 5.42. The number of hydrogen-bond acceptors (Lipinski definition) is 2. The second-order valence-electron chi connectivity index (χ2n) is 5.42. The maximum Gasteiger partial charge on any atom is 0.335 e. The molecule has 1 fully saturated rings. The van der Waals surface area contributed by atoms with Crippen LogP contribution in [-0.4, -0.2) is 16.2 Å². The first-order valence-electron chi connectivity index (χ1n) is 6.69. The van der Waals surface area contributed by atoms with Crippen molar-refractivity contribution >= 4 is 5.97 Å². The van der Waals surface area contributed by atoms with Crippen LogP contribution >= 0.6 is 0 Å². The summed E-state index contributed by atoms with van der Waals surface area (Å²) in [6.07, 6.45) is 1.04. The SMILES string of the molecule is Cc1cc(O)ccc1C1CC1c1cccc(C(=O)O)c1. The van der Waals surface area contributed by atoms with E-state index in [4.69, 9.17) is 5.11 Å². The number of carboxylic acid groups (broad SMARTS) is 1. The fourth-order valence-corrected chi connectivity index (χ4v) is 2.89. The molecule has 0 radical (unpaired) electrons. The van der Waals surface area contributed by atoms with Gasteiger partial charge in [0, 0.05) is 0 Å². The van der Waals surface area contributed by atoms with E-state index in [1.54, 1.807) is 30.3 Å². The molecular weight excluding hydrogens is 252 g/mol. The Hall–Kier alpha value is -2.29. The number of aromatic hydroxyl groups is 1. The molecule has 0 amide bonds. The van der Waals surface area contributed by atoms with Crippen LogP contribution in [0.15, 0.2) is 42.5 Å². The molecule has 1 aliphatic carbocycles. The van der Waals surface area contributed by atoms with Crippen LogP contribution in [-0.2, 0) is 0 Å². The highest BCUT2D eigenvalue weighted by Gasteiger charge is 2.40. The quantitative estimate of drug-likeness (QED) is 0.893. The van der Waals surface area contributed by atoms with Gasteiger partial charge in [-0.05, 0) is 66.1 Å². The van der Waals surface area contributed by atoms with Crippen molar-refractivity contribution in [2.24, 2.45) is 0 Å². The minimum Gasteiger partial charge on any atom is -0.508 e. The zero-order valence-corrected chi connectivity index (χ0v) is 11.2. The number of phenols is 1. The fraction of sp³-hybridized carbons (Fsp3) is 0.235.